The molecular weight excluding hydrogens is 432 g/mol. The summed E-state index contributed by atoms with van der Waals surface area (Å²) in [4.78, 5) is 24.3. The molecule has 0 aliphatic heterocycles. The van der Waals surface area contributed by atoms with Crippen LogP contribution in [0.25, 0.3) is 0 Å². The smallest absolute Gasteiger partial charge is 0.267 e. The molecule has 0 radical (unpaired) electrons. The molecule has 7 nitrogen and oxygen atoms in total. The zero-order valence-corrected chi connectivity index (χ0v) is 18.0. The lowest BCUT2D eigenvalue weighted by molar-refractivity contribution is -0.133. The summed E-state index contributed by atoms with van der Waals surface area (Å²) in [5, 5.41) is 13.5. The number of para-hydroxylation sites is 1. The van der Waals surface area contributed by atoms with Crippen molar-refractivity contribution in [1.82, 2.24) is 16.1 Å². The van der Waals surface area contributed by atoms with Gasteiger partial charge in [-0.3, -0.25) is 14.8 Å². The Morgan fingerprint density at radius 1 is 1.06 bits per heavy atom. The van der Waals surface area contributed by atoms with E-state index in [0.29, 0.717) is 16.9 Å². The van der Waals surface area contributed by atoms with Crippen LogP contribution in [0.3, 0.4) is 0 Å². The number of amides is 2. The lowest BCUT2D eigenvalue weighted by Crippen LogP contribution is -2.59. The number of hydrogen-bond donors (Lipinski definition) is 4. The van der Waals surface area contributed by atoms with Crippen molar-refractivity contribution in [2.45, 2.75) is 25.4 Å². The van der Waals surface area contributed by atoms with Gasteiger partial charge in [-0.05, 0) is 60.7 Å². The van der Waals surface area contributed by atoms with Gasteiger partial charge >= 0.3 is 0 Å². The van der Waals surface area contributed by atoms with Crippen molar-refractivity contribution in [3.8, 4) is 29.4 Å². The number of methoxy groups -OCH3 is 1. The van der Waals surface area contributed by atoms with Gasteiger partial charge in [0, 0.05) is 11.1 Å². The van der Waals surface area contributed by atoms with Gasteiger partial charge in [-0.2, -0.15) is 0 Å². The van der Waals surface area contributed by atoms with E-state index < -0.39 is 30.3 Å². The molecule has 2 unspecified atom stereocenters. The number of carbonyl (C=O) groups is 2. The van der Waals surface area contributed by atoms with Gasteiger partial charge in [0.25, 0.3) is 18.2 Å². The van der Waals surface area contributed by atoms with Gasteiger partial charge < -0.3 is 15.4 Å². The molecule has 33 heavy (non-hydrogen) atoms. The molecule has 2 aromatic carbocycles. The molecule has 0 aromatic heterocycles. The first-order valence-corrected chi connectivity index (χ1v) is 9.92. The molecule has 9 heteroatoms. The second-order valence-electron chi connectivity index (χ2n) is 6.62. The van der Waals surface area contributed by atoms with Crippen LogP contribution in [0.4, 0.5) is 8.78 Å². The maximum atomic E-state index is 13.3. The minimum Gasteiger partial charge on any atom is -0.495 e. The van der Waals surface area contributed by atoms with Crippen molar-refractivity contribution >= 4 is 11.8 Å². The third-order valence-electron chi connectivity index (χ3n) is 4.47. The molecule has 2 amide bonds. The summed E-state index contributed by atoms with van der Waals surface area (Å²) < 4.78 is 31.9. The number of carbonyl (C=O) groups excluding carboxylic acids is 2. The van der Waals surface area contributed by atoms with E-state index in [9.17, 15) is 18.4 Å². The molecule has 0 saturated carbocycles. The Kier molecular flexibility index (Phi) is 9.84. The number of hydroxylamine groups is 1. The molecule has 2 rings (SSSR count). The fourth-order valence-electron chi connectivity index (χ4n) is 2.86. The zero-order valence-electron chi connectivity index (χ0n) is 18.0. The van der Waals surface area contributed by atoms with E-state index in [1.807, 2.05) is 12.1 Å². The molecular formula is C24H23F2N3O4. The summed E-state index contributed by atoms with van der Waals surface area (Å²) in [7, 11) is 1.55. The number of likely N-dealkylation sites (N-methyl/N-ethyl adjacent to an activating group) is 1. The van der Waals surface area contributed by atoms with Crippen LogP contribution in [0.1, 0.15) is 28.4 Å². The summed E-state index contributed by atoms with van der Waals surface area (Å²) in [6.45, 7) is 1.71. The Hall–Kier alpha value is -3.92. The second-order valence-corrected chi connectivity index (χ2v) is 6.62. The summed E-state index contributed by atoms with van der Waals surface area (Å²) in [5.41, 5.74) is 2.70. The summed E-state index contributed by atoms with van der Waals surface area (Å²) in [6.07, 6.45) is -2.96. The quantitative estimate of drug-likeness (QED) is 0.277. The highest BCUT2D eigenvalue weighted by Crippen LogP contribution is 2.15. The molecule has 0 spiro atoms. The third kappa shape index (κ3) is 7.32. The summed E-state index contributed by atoms with van der Waals surface area (Å²) >= 11 is 0. The molecule has 4 N–H and O–H groups in total. The van der Waals surface area contributed by atoms with E-state index in [-0.39, 0.29) is 12.1 Å². The lowest BCUT2D eigenvalue weighted by Gasteiger charge is -2.26. The zero-order chi connectivity index (χ0) is 24.2. The van der Waals surface area contributed by atoms with Crippen molar-refractivity contribution < 1.29 is 28.3 Å². The highest BCUT2D eigenvalue weighted by molar-refractivity contribution is 5.97. The third-order valence-corrected chi connectivity index (χ3v) is 4.47. The van der Waals surface area contributed by atoms with Crippen molar-refractivity contribution in [3.05, 3.63) is 65.2 Å². The molecule has 0 fully saturated rings. The van der Waals surface area contributed by atoms with Gasteiger partial charge in [0.15, 0.2) is 0 Å². The van der Waals surface area contributed by atoms with Crippen molar-refractivity contribution in [2.24, 2.45) is 0 Å². The Bertz CT molecular complexity index is 1080. The number of benzene rings is 2. The molecule has 0 saturated heterocycles. The molecule has 0 aliphatic rings. The Labute approximate surface area is 190 Å². The Balaban J connectivity index is 2.11. The number of halogens is 2. The van der Waals surface area contributed by atoms with Crippen LogP contribution in [-0.2, 0) is 4.79 Å². The van der Waals surface area contributed by atoms with E-state index in [1.165, 1.54) is 17.6 Å². The van der Waals surface area contributed by atoms with Crippen LogP contribution in [0.5, 0.6) is 5.75 Å². The average Bonchev–Trinajstić information content (AvgIpc) is 2.83. The van der Waals surface area contributed by atoms with Crippen LogP contribution < -0.4 is 20.9 Å². The lowest BCUT2D eigenvalue weighted by atomic mass is 10.1. The molecule has 172 valence electrons. The minimum absolute atomic E-state index is 0.126. The van der Waals surface area contributed by atoms with Crippen LogP contribution >= 0.6 is 0 Å². The van der Waals surface area contributed by atoms with Gasteiger partial charge in [-0.1, -0.05) is 25.0 Å². The van der Waals surface area contributed by atoms with Gasteiger partial charge in [0.1, 0.15) is 11.8 Å². The molecule has 0 heterocycles. The highest BCUT2D eigenvalue weighted by Gasteiger charge is 2.35. The second kappa shape index (κ2) is 12.8. The van der Waals surface area contributed by atoms with Crippen LogP contribution in [0.15, 0.2) is 48.5 Å². The molecule has 0 aliphatic carbocycles. The number of ether oxygens (including phenoxy) is 1. The van der Waals surface area contributed by atoms with Crippen LogP contribution in [0, 0.1) is 23.7 Å². The largest absolute Gasteiger partial charge is 0.495 e. The monoisotopic (exact) mass is 455 g/mol. The average molecular weight is 455 g/mol. The van der Waals surface area contributed by atoms with E-state index in [1.54, 1.807) is 38.3 Å². The van der Waals surface area contributed by atoms with Gasteiger partial charge in [0.2, 0.25) is 0 Å². The van der Waals surface area contributed by atoms with Gasteiger partial charge in [-0.25, -0.2) is 14.3 Å². The highest BCUT2D eigenvalue weighted by atomic mass is 19.3. The number of alkyl halides is 2. The standard InChI is InChI=1S/C24H23F2N3O4/c1-3-27-20(22(25)26)21(24(31)29-32)28-23(30)18-14-12-16(13-15-18)8-4-5-9-17-10-6-7-11-19(17)33-2/h6-7,10-15,20-22,27,32H,3H2,1-2H3,(H,28,30)(H,29,31). The molecule has 2 aromatic rings. The van der Waals surface area contributed by atoms with Crippen molar-refractivity contribution in [2.75, 3.05) is 13.7 Å². The summed E-state index contributed by atoms with van der Waals surface area (Å²) in [6, 6.07) is 9.88. The van der Waals surface area contributed by atoms with Crippen LogP contribution in [-0.4, -0.2) is 49.2 Å². The number of nitrogens with one attached hydrogen (secondary N) is 3. The predicted molar refractivity (Wildman–Crippen MR) is 118 cm³/mol. The maximum absolute atomic E-state index is 13.3. The molecule has 0 bridgehead atoms. The van der Waals surface area contributed by atoms with Crippen LogP contribution in [0.2, 0.25) is 0 Å². The van der Waals surface area contributed by atoms with E-state index in [4.69, 9.17) is 9.94 Å². The normalized spacial score (nSPS) is 11.8. The Morgan fingerprint density at radius 2 is 1.73 bits per heavy atom. The van der Waals surface area contributed by atoms with Crippen molar-refractivity contribution in [1.29, 1.82) is 0 Å². The van der Waals surface area contributed by atoms with Gasteiger partial charge in [-0.15, -0.1) is 0 Å². The molecule has 2 atom stereocenters. The fraction of sp³-hybridized carbons (Fsp3) is 0.250. The predicted octanol–water partition coefficient (Wildman–Crippen LogP) is 1.95. The minimum atomic E-state index is -2.96. The number of rotatable bonds is 8. The topological polar surface area (TPSA) is 99.7 Å². The Morgan fingerprint density at radius 3 is 2.33 bits per heavy atom. The maximum Gasteiger partial charge on any atom is 0.267 e. The van der Waals surface area contributed by atoms with Gasteiger partial charge in [0.05, 0.1) is 18.7 Å². The summed E-state index contributed by atoms with van der Waals surface area (Å²) in [5.74, 6) is 9.87. The van der Waals surface area contributed by atoms with E-state index in [0.717, 1.165) is 0 Å². The first kappa shape index (κ1) is 25.3. The fourth-order valence-corrected chi connectivity index (χ4v) is 2.86. The SMILES string of the molecule is CCNC(C(F)F)C(NC(=O)c1ccc(C#CC#Cc2ccccc2OC)cc1)C(=O)NO. The first-order valence-electron chi connectivity index (χ1n) is 9.92. The van der Waals surface area contributed by atoms with E-state index in [2.05, 4.69) is 34.3 Å². The van der Waals surface area contributed by atoms with Crippen molar-refractivity contribution in [3.63, 3.8) is 0 Å². The number of hydrogen-bond acceptors (Lipinski definition) is 5. The first-order chi connectivity index (χ1) is 15.9. The van der Waals surface area contributed by atoms with E-state index >= 15 is 0 Å².